The molecular formula is C20H38N2O. The first kappa shape index (κ1) is 20.1. The lowest BCUT2D eigenvalue weighted by Gasteiger charge is -2.24. The van der Waals surface area contributed by atoms with Gasteiger partial charge in [0.15, 0.2) is 0 Å². The first-order valence-electron chi connectivity index (χ1n) is 9.79. The summed E-state index contributed by atoms with van der Waals surface area (Å²) in [5.41, 5.74) is 0. The molecule has 0 saturated heterocycles. The number of nitrogens with one attached hydrogen (secondary N) is 1. The molecular weight excluding hydrogens is 284 g/mol. The number of aliphatic hydroxyl groups is 1. The number of hydrogen-bond acceptors (Lipinski definition) is 3. The number of β-amino-alcohol motifs (C(OH)–C–C–N with tert-alkyl or cyclic N) is 1. The summed E-state index contributed by atoms with van der Waals surface area (Å²) in [5, 5.41) is 12.4. The van der Waals surface area contributed by atoms with Crippen molar-refractivity contribution in [2.45, 2.75) is 90.1 Å². The van der Waals surface area contributed by atoms with Gasteiger partial charge in [-0.05, 0) is 32.6 Å². The standard InChI is InChI=1S/C20H38N2O/c1-2-3-4-5-6-7-8-9-10-11-12-13-14-15-20-21-16-17-22(20)18-19-23/h2-3,16-17,20-21,23H,4-15,18-19H2,1H3/b3-2+. The summed E-state index contributed by atoms with van der Waals surface area (Å²) in [4.78, 5) is 2.20. The third-order valence-electron chi connectivity index (χ3n) is 4.65. The van der Waals surface area contributed by atoms with Crippen LogP contribution in [0.15, 0.2) is 24.6 Å². The fourth-order valence-electron chi connectivity index (χ4n) is 3.23. The van der Waals surface area contributed by atoms with Gasteiger partial charge in [0.25, 0.3) is 0 Å². The van der Waals surface area contributed by atoms with Crippen LogP contribution in [0.3, 0.4) is 0 Å². The summed E-state index contributed by atoms with van der Waals surface area (Å²) in [6, 6.07) is 0. The Hall–Kier alpha value is -0.960. The molecule has 1 atom stereocenters. The zero-order valence-electron chi connectivity index (χ0n) is 15.2. The molecule has 0 spiro atoms. The minimum Gasteiger partial charge on any atom is -0.395 e. The number of rotatable bonds is 15. The molecule has 134 valence electrons. The number of nitrogens with zero attached hydrogens (tertiary/aromatic N) is 1. The highest BCUT2D eigenvalue weighted by Gasteiger charge is 2.16. The van der Waals surface area contributed by atoms with Crippen LogP contribution < -0.4 is 5.32 Å². The van der Waals surface area contributed by atoms with Crippen LogP contribution in [-0.4, -0.2) is 29.3 Å². The van der Waals surface area contributed by atoms with Crippen LogP contribution in [0.4, 0.5) is 0 Å². The molecule has 0 saturated carbocycles. The largest absolute Gasteiger partial charge is 0.395 e. The topological polar surface area (TPSA) is 35.5 Å². The van der Waals surface area contributed by atoms with Crippen LogP contribution in [0.2, 0.25) is 0 Å². The van der Waals surface area contributed by atoms with Gasteiger partial charge in [-0.15, -0.1) is 0 Å². The van der Waals surface area contributed by atoms with E-state index in [0.29, 0.717) is 6.17 Å². The minimum absolute atomic E-state index is 0.234. The Morgan fingerprint density at radius 3 is 2.17 bits per heavy atom. The van der Waals surface area contributed by atoms with E-state index in [1.807, 2.05) is 6.20 Å². The van der Waals surface area contributed by atoms with E-state index in [4.69, 9.17) is 5.11 Å². The Bertz CT molecular complexity index is 315. The molecule has 1 unspecified atom stereocenters. The molecule has 1 aliphatic rings. The molecule has 3 nitrogen and oxygen atoms in total. The van der Waals surface area contributed by atoms with Crippen molar-refractivity contribution in [3.63, 3.8) is 0 Å². The van der Waals surface area contributed by atoms with Gasteiger partial charge < -0.3 is 15.3 Å². The zero-order valence-corrected chi connectivity index (χ0v) is 15.2. The number of hydrogen-bond donors (Lipinski definition) is 2. The third kappa shape index (κ3) is 10.4. The van der Waals surface area contributed by atoms with E-state index in [2.05, 4.69) is 35.5 Å². The zero-order chi connectivity index (χ0) is 16.6. The molecule has 0 aromatic rings. The second-order valence-corrected chi connectivity index (χ2v) is 6.64. The van der Waals surface area contributed by atoms with Gasteiger partial charge in [0, 0.05) is 18.9 Å². The van der Waals surface area contributed by atoms with Gasteiger partial charge >= 0.3 is 0 Å². The lowest BCUT2D eigenvalue weighted by molar-refractivity contribution is 0.194. The quantitative estimate of drug-likeness (QED) is 0.331. The Balaban J connectivity index is 1.80. The monoisotopic (exact) mass is 322 g/mol. The Labute approximate surface area is 143 Å². The predicted octanol–water partition coefficient (Wildman–Crippen LogP) is 4.94. The predicted molar refractivity (Wildman–Crippen MR) is 100 cm³/mol. The molecule has 0 bridgehead atoms. The molecule has 3 heteroatoms. The lowest BCUT2D eigenvalue weighted by Crippen LogP contribution is -2.36. The van der Waals surface area contributed by atoms with E-state index in [0.717, 1.165) is 6.54 Å². The van der Waals surface area contributed by atoms with E-state index in [9.17, 15) is 0 Å². The fraction of sp³-hybridized carbons (Fsp3) is 0.800. The fourth-order valence-corrected chi connectivity index (χ4v) is 3.23. The second kappa shape index (κ2) is 14.6. The highest BCUT2D eigenvalue weighted by molar-refractivity contribution is 4.93. The maximum absolute atomic E-state index is 9.02. The van der Waals surface area contributed by atoms with E-state index < -0.39 is 0 Å². The Kier molecular flexibility index (Phi) is 12.8. The smallest absolute Gasteiger partial charge is 0.0982 e. The third-order valence-corrected chi connectivity index (χ3v) is 4.65. The molecule has 0 fully saturated rings. The van der Waals surface area contributed by atoms with Gasteiger partial charge in [0.05, 0.1) is 12.8 Å². The van der Waals surface area contributed by atoms with Crippen molar-refractivity contribution in [2.24, 2.45) is 0 Å². The van der Waals surface area contributed by atoms with Gasteiger partial charge in [0.1, 0.15) is 0 Å². The SMILES string of the molecule is C/C=C/CCCCCCCCCCCCC1NC=CN1CCO. The molecule has 0 aromatic heterocycles. The summed E-state index contributed by atoms with van der Waals surface area (Å²) in [5.74, 6) is 0. The molecule has 2 N–H and O–H groups in total. The van der Waals surface area contributed by atoms with Crippen LogP contribution >= 0.6 is 0 Å². The summed E-state index contributed by atoms with van der Waals surface area (Å²) >= 11 is 0. The van der Waals surface area contributed by atoms with Crippen molar-refractivity contribution in [1.82, 2.24) is 10.2 Å². The van der Waals surface area contributed by atoms with Crippen molar-refractivity contribution < 1.29 is 5.11 Å². The van der Waals surface area contributed by atoms with E-state index in [1.54, 1.807) is 0 Å². The summed E-state index contributed by atoms with van der Waals surface area (Å²) < 4.78 is 0. The van der Waals surface area contributed by atoms with Crippen LogP contribution in [0.5, 0.6) is 0 Å². The average molecular weight is 323 g/mol. The van der Waals surface area contributed by atoms with E-state index >= 15 is 0 Å². The highest BCUT2D eigenvalue weighted by atomic mass is 16.3. The first-order chi connectivity index (χ1) is 11.4. The van der Waals surface area contributed by atoms with Gasteiger partial charge in [-0.25, -0.2) is 0 Å². The highest BCUT2D eigenvalue weighted by Crippen LogP contribution is 2.15. The Morgan fingerprint density at radius 2 is 1.57 bits per heavy atom. The van der Waals surface area contributed by atoms with Crippen molar-refractivity contribution in [3.8, 4) is 0 Å². The normalized spacial score (nSPS) is 17.3. The average Bonchev–Trinajstić information content (AvgIpc) is 2.99. The van der Waals surface area contributed by atoms with Gasteiger partial charge in [-0.1, -0.05) is 63.5 Å². The number of aliphatic hydroxyl groups excluding tert-OH is 1. The molecule has 1 aliphatic heterocycles. The molecule has 0 amide bonds. The maximum atomic E-state index is 9.02. The summed E-state index contributed by atoms with van der Waals surface area (Å²) in [6.07, 6.45) is 25.2. The Morgan fingerprint density at radius 1 is 0.957 bits per heavy atom. The summed E-state index contributed by atoms with van der Waals surface area (Å²) in [7, 11) is 0. The van der Waals surface area contributed by atoms with Crippen molar-refractivity contribution in [1.29, 1.82) is 0 Å². The van der Waals surface area contributed by atoms with Gasteiger partial charge in [-0.3, -0.25) is 0 Å². The molecule has 1 heterocycles. The van der Waals surface area contributed by atoms with Crippen molar-refractivity contribution >= 4 is 0 Å². The van der Waals surface area contributed by atoms with Crippen LogP contribution in [0.25, 0.3) is 0 Å². The van der Waals surface area contributed by atoms with Crippen molar-refractivity contribution in [3.05, 3.63) is 24.6 Å². The van der Waals surface area contributed by atoms with Crippen LogP contribution in [-0.2, 0) is 0 Å². The molecule has 0 radical (unpaired) electrons. The van der Waals surface area contributed by atoms with Crippen LogP contribution in [0.1, 0.15) is 84.0 Å². The summed E-state index contributed by atoms with van der Waals surface area (Å²) in [6.45, 7) is 3.08. The van der Waals surface area contributed by atoms with Gasteiger partial charge in [-0.2, -0.15) is 0 Å². The maximum Gasteiger partial charge on any atom is 0.0982 e. The molecule has 23 heavy (non-hydrogen) atoms. The van der Waals surface area contributed by atoms with E-state index in [1.165, 1.54) is 77.0 Å². The minimum atomic E-state index is 0.234. The number of unbranched alkanes of at least 4 members (excludes halogenated alkanes) is 10. The van der Waals surface area contributed by atoms with Gasteiger partial charge in [0.2, 0.25) is 0 Å². The molecule has 0 aliphatic carbocycles. The second-order valence-electron chi connectivity index (χ2n) is 6.64. The van der Waals surface area contributed by atoms with Crippen molar-refractivity contribution in [2.75, 3.05) is 13.2 Å². The first-order valence-corrected chi connectivity index (χ1v) is 9.79. The number of allylic oxidation sites excluding steroid dienone is 2. The molecule has 0 aromatic carbocycles. The molecule has 1 rings (SSSR count). The van der Waals surface area contributed by atoms with Crippen LogP contribution in [0, 0.1) is 0 Å². The van der Waals surface area contributed by atoms with E-state index in [-0.39, 0.29) is 6.61 Å². The lowest BCUT2D eigenvalue weighted by atomic mass is 10.0.